The van der Waals surface area contributed by atoms with Crippen LogP contribution in [0.15, 0.2) is 23.1 Å². The van der Waals surface area contributed by atoms with Gasteiger partial charge in [-0.2, -0.15) is 0 Å². The van der Waals surface area contributed by atoms with Crippen LogP contribution >= 0.6 is 35.0 Å². The van der Waals surface area contributed by atoms with Crippen molar-refractivity contribution in [2.75, 3.05) is 12.3 Å². The van der Waals surface area contributed by atoms with Crippen LogP contribution in [0.2, 0.25) is 10.0 Å². The van der Waals surface area contributed by atoms with Gasteiger partial charge >= 0.3 is 0 Å². The van der Waals surface area contributed by atoms with E-state index in [0.29, 0.717) is 10.0 Å². The average Bonchev–Trinajstić information content (AvgIpc) is 2.12. The minimum absolute atomic E-state index is 0.586. The quantitative estimate of drug-likeness (QED) is 0.366. The number of hydrogen-bond acceptors (Lipinski definition) is 3. The number of hydrogen-bond donors (Lipinski definition) is 2. The van der Waals surface area contributed by atoms with E-state index in [9.17, 15) is 0 Å². The Kier molecular flexibility index (Phi) is 4.91. The van der Waals surface area contributed by atoms with Crippen molar-refractivity contribution < 1.29 is 0 Å². The molecule has 0 aliphatic heterocycles. The number of halogens is 2. The van der Waals surface area contributed by atoms with Crippen molar-refractivity contribution in [1.82, 2.24) is 5.43 Å². The van der Waals surface area contributed by atoms with Crippen LogP contribution in [0.1, 0.15) is 0 Å². The molecule has 0 spiro atoms. The summed E-state index contributed by atoms with van der Waals surface area (Å²) in [5, 5.41) is 1.18. The number of nitrogens with two attached hydrogens (primary N) is 1. The number of hydrazine groups is 1. The zero-order chi connectivity index (χ0) is 9.68. The highest BCUT2D eigenvalue weighted by Crippen LogP contribution is 2.27. The maximum atomic E-state index is 5.84. The predicted molar refractivity (Wildman–Crippen MR) is 59.4 cm³/mol. The molecule has 0 saturated carbocycles. The molecule has 1 aromatic carbocycles. The molecule has 0 radical (unpaired) electrons. The molecule has 0 atom stereocenters. The zero-order valence-corrected chi connectivity index (χ0v) is 9.22. The first-order valence-electron chi connectivity index (χ1n) is 3.75. The minimum atomic E-state index is 0.586. The van der Waals surface area contributed by atoms with Crippen molar-refractivity contribution in [2.45, 2.75) is 4.90 Å². The Labute approximate surface area is 91.8 Å². The third-order valence-corrected chi connectivity index (χ3v) is 3.14. The van der Waals surface area contributed by atoms with E-state index in [1.165, 1.54) is 0 Å². The highest BCUT2D eigenvalue weighted by Gasteiger charge is 1.99. The standard InChI is InChI=1S/C8H10Cl2N2S/c9-7-2-1-6(5-8(7)10)13-4-3-12-11/h1-2,5,12H,3-4,11H2. The molecule has 5 heteroatoms. The first kappa shape index (κ1) is 11.1. The van der Waals surface area contributed by atoms with Crippen molar-refractivity contribution >= 4 is 35.0 Å². The van der Waals surface area contributed by atoms with Gasteiger partial charge < -0.3 is 0 Å². The molecule has 13 heavy (non-hydrogen) atoms. The lowest BCUT2D eigenvalue weighted by Gasteiger charge is -2.02. The van der Waals surface area contributed by atoms with Gasteiger partial charge in [-0.25, -0.2) is 0 Å². The summed E-state index contributed by atoms with van der Waals surface area (Å²) in [6.45, 7) is 0.769. The molecule has 72 valence electrons. The van der Waals surface area contributed by atoms with E-state index in [2.05, 4.69) is 5.43 Å². The van der Waals surface area contributed by atoms with Crippen LogP contribution < -0.4 is 11.3 Å². The van der Waals surface area contributed by atoms with Gasteiger partial charge in [-0.1, -0.05) is 23.2 Å². The molecule has 0 aromatic heterocycles. The van der Waals surface area contributed by atoms with E-state index in [4.69, 9.17) is 29.0 Å². The van der Waals surface area contributed by atoms with Crippen LogP contribution in [-0.2, 0) is 0 Å². The van der Waals surface area contributed by atoms with Gasteiger partial charge in [-0.3, -0.25) is 11.3 Å². The summed E-state index contributed by atoms with van der Waals surface area (Å²) in [5.41, 5.74) is 2.58. The van der Waals surface area contributed by atoms with Crippen molar-refractivity contribution in [3.63, 3.8) is 0 Å². The second kappa shape index (κ2) is 5.73. The zero-order valence-electron chi connectivity index (χ0n) is 6.89. The van der Waals surface area contributed by atoms with Crippen molar-refractivity contribution in [3.8, 4) is 0 Å². The van der Waals surface area contributed by atoms with Crippen LogP contribution in [0.4, 0.5) is 0 Å². The van der Waals surface area contributed by atoms with E-state index >= 15 is 0 Å². The smallest absolute Gasteiger partial charge is 0.0603 e. The SMILES string of the molecule is NNCCSc1ccc(Cl)c(Cl)c1. The molecule has 0 amide bonds. The fourth-order valence-corrected chi connectivity index (χ4v) is 1.98. The Balaban J connectivity index is 2.53. The Hall–Kier alpha value is 0.0700. The van der Waals surface area contributed by atoms with Gasteiger partial charge in [0.25, 0.3) is 0 Å². The molecule has 0 heterocycles. The predicted octanol–water partition coefficient (Wildman–Crippen LogP) is 2.55. The van der Waals surface area contributed by atoms with Crippen LogP contribution in [0.5, 0.6) is 0 Å². The van der Waals surface area contributed by atoms with Crippen LogP contribution in [-0.4, -0.2) is 12.3 Å². The molecule has 2 nitrogen and oxygen atoms in total. The molecule has 0 aliphatic rings. The highest BCUT2D eigenvalue weighted by atomic mass is 35.5. The molecule has 0 bridgehead atoms. The van der Waals surface area contributed by atoms with Gasteiger partial charge in [-0.05, 0) is 18.2 Å². The number of nitrogens with one attached hydrogen (secondary N) is 1. The van der Waals surface area contributed by atoms with Crippen LogP contribution in [0.3, 0.4) is 0 Å². The first-order valence-corrected chi connectivity index (χ1v) is 5.49. The van der Waals surface area contributed by atoms with E-state index in [1.54, 1.807) is 17.8 Å². The third kappa shape index (κ3) is 3.75. The molecule has 1 aromatic rings. The van der Waals surface area contributed by atoms with Gasteiger partial charge in [0.1, 0.15) is 0 Å². The van der Waals surface area contributed by atoms with Crippen molar-refractivity contribution in [2.24, 2.45) is 5.84 Å². The largest absolute Gasteiger partial charge is 0.271 e. The van der Waals surface area contributed by atoms with E-state index in [-0.39, 0.29) is 0 Å². The average molecular weight is 237 g/mol. The molecule has 0 saturated heterocycles. The summed E-state index contributed by atoms with van der Waals surface area (Å²) in [5.74, 6) is 6.05. The van der Waals surface area contributed by atoms with Crippen LogP contribution in [0.25, 0.3) is 0 Å². The molecular weight excluding hydrogens is 227 g/mol. The van der Waals surface area contributed by atoms with Gasteiger partial charge in [0.2, 0.25) is 0 Å². The Morgan fingerprint density at radius 2 is 2.08 bits per heavy atom. The number of thioether (sulfide) groups is 1. The van der Waals surface area contributed by atoms with Crippen molar-refractivity contribution in [3.05, 3.63) is 28.2 Å². The maximum Gasteiger partial charge on any atom is 0.0603 e. The maximum absolute atomic E-state index is 5.84. The molecular formula is C8H10Cl2N2S. The van der Waals surface area contributed by atoms with E-state index in [0.717, 1.165) is 17.2 Å². The highest BCUT2D eigenvalue weighted by molar-refractivity contribution is 7.99. The van der Waals surface area contributed by atoms with Gasteiger partial charge in [-0.15, -0.1) is 11.8 Å². The van der Waals surface area contributed by atoms with E-state index < -0.39 is 0 Å². The Morgan fingerprint density at radius 3 is 2.69 bits per heavy atom. The second-order valence-electron chi connectivity index (χ2n) is 2.38. The summed E-state index contributed by atoms with van der Waals surface area (Å²) in [6, 6.07) is 5.59. The second-order valence-corrected chi connectivity index (χ2v) is 4.36. The van der Waals surface area contributed by atoms with Crippen LogP contribution in [0, 0.1) is 0 Å². The lowest BCUT2D eigenvalue weighted by molar-refractivity contribution is 0.787. The molecule has 0 aliphatic carbocycles. The Morgan fingerprint density at radius 1 is 1.31 bits per heavy atom. The summed E-state index contributed by atoms with van der Waals surface area (Å²) in [6.07, 6.45) is 0. The third-order valence-electron chi connectivity index (χ3n) is 1.41. The Bertz CT molecular complexity index is 281. The number of rotatable bonds is 4. The fourth-order valence-electron chi connectivity index (χ4n) is 0.794. The molecule has 0 fully saturated rings. The van der Waals surface area contributed by atoms with Crippen molar-refractivity contribution in [1.29, 1.82) is 0 Å². The molecule has 3 N–H and O–H groups in total. The van der Waals surface area contributed by atoms with E-state index in [1.807, 2.05) is 12.1 Å². The lowest BCUT2D eigenvalue weighted by Crippen LogP contribution is -2.24. The minimum Gasteiger partial charge on any atom is -0.271 e. The normalized spacial score (nSPS) is 10.4. The monoisotopic (exact) mass is 236 g/mol. The first-order chi connectivity index (χ1) is 6.24. The lowest BCUT2D eigenvalue weighted by atomic mass is 10.4. The summed E-state index contributed by atoms with van der Waals surface area (Å²) < 4.78 is 0. The molecule has 1 rings (SSSR count). The van der Waals surface area contributed by atoms with Gasteiger partial charge in [0.15, 0.2) is 0 Å². The van der Waals surface area contributed by atoms with Gasteiger partial charge in [0, 0.05) is 17.2 Å². The summed E-state index contributed by atoms with van der Waals surface area (Å²) in [4.78, 5) is 1.10. The fraction of sp³-hybridized carbons (Fsp3) is 0.250. The van der Waals surface area contributed by atoms with Gasteiger partial charge in [0.05, 0.1) is 10.0 Å². The summed E-state index contributed by atoms with van der Waals surface area (Å²) in [7, 11) is 0. The topological polar surface area (TPSA) is 38.0 Å². The number of benzene rings is 1. The molecule has 0 unspecified atom stereocenters. The summed E-state index contributed by atoms with van der Waals surface area (Å²) >= 11 is 13.3.